The van der Waals surface area contributed by atoms with Gasteiger partial charge in [0.2, 0.25) is 5.91 Å². The summed E-state index contributed by atoms with van der Waals surface area (Å²) in [7, 11) is 0. The molecule has 0 radical (unpaired) electrons. The molecule has 0 aromatic carbocycles. The molecule has 0 aliphatic rings. The summed E-state index contributed by atoms with van der Waals surface area (Å²) in [6.07, 6.45) is 1.57. The number of carboxylic acids is 1. The lowest BCUT2D eigenvalue weighted by Gasteiger charge is -2.08. The first kappa shape index (κ1) is 15.6. The molecule has 0 saturated carbocycles. The Hall–Kier alpha value is -1.36. The molecule has 0 aromatic rings. The van der Waals surface area contributed by atoms with Crippen LogP contribution in [0.25, 0.3) is 0 Å². The summed E-state index contributed by atoms with van der Waals surface area (Å²) in [5, 5.41) is 14.3. The molecule has 17 heavy (non-hydrogen) atoms. The van der Waals surface area contributed by atoms with Crippen LogP contribution in [0.4, 0.5) is 0 Å². The van der Waals surface area contributed by atoms with Crippen molar-refractivity contribution >= 4 is 11.9 Å². The summed E-state index contributed by atoms with van der Waals surface area (Å²) >= 11 is 0. The molecule has 98 valence electrons. The average molecular weight is 242 g/mol. The second-order valence-corrected chi connectivity index (χ2v) is 4.45. The van der Waals surface area contributed by atoms with Gasteiger partial charge in [0.25, 0.3) is 0 Å². The maximum Gasteiger partial charge on any atom is 0.328 e. The molecule has 0 atom stereocenters. The Morgan fingerprint density at radius 3 is 2.53 bits per heavy atom. The van der Waals surface area contributed by atoms with Crippen molar-refractivity contribution in [3.63, 3.8) is 0 Å². The molecule has 5 nitrogen and oxygen atoms in total. The van der Waals surface area contributed by atoms with E-state index in [4.69, 9.17) is 5.11 Å². The number of carboxylic acid groups (broad SMARTS) is 1. The topological polar surface area (TPSA) is 78.4 Å². The van der Waals surface area contributed by atoms with E-state index < -0.39 is 5.97 Å². The summed E-state index contributed by atoms with van der Waals surface area (Å²) in [6.45, 7) is 7.55. The summed E-state index contributed by atoms with van der Waals surface area (Å²) < 4.78 is 0. The molecule has 0 unspecified atom stereocenters. The predicted molar refractivity (Wildman–Crippen MR) is 66.7 cm³/mol. The van der Waals surface area contributed by atoms with Crippen LogP contribution in [0, 0.1) is 5.92 Å². The van der Waals surface area contributed by atoms with Crippen LogP contribution >= 0.6 is 0 Å². The molecule has 0 heterocycles. The number of hydrogen-bond donors (Lipinski definition) is 3. The van der Waals surface area contributed by atoms with Crippen molar-refractivity contribution in [2.75, 3.05) is 19.6 Å². The molecule has 5 heteroatoms. The van der Waals surface area contributed by atoms with Crippen molar-refractivity contribution in [2.45, 2.75) is 27.2 Å². The van der Waals surface area contributed by atoms with Crippen molar-refractivity contribution in [3.05, 3.63) is 11.6 Å². The first-order valence-corrected chi connectivity index (χ1v) is 5.79. The largest absolute Gasteiger partial charge is 0.478 e. The van der Waals surface area contributed by atoms with E-state index in [0.29, 0.717) is 32.0 Å². The molecule has 0 bridgehead atoms. The number of hydrogen-bond acceptors (Lipinski definition) is 3. The average Bonchev–Trinajstić information content (AvgIpc) is 2.20. The first-order chi connectivity index (χ1) is 7.91. The van der Waals surface area contributed by atoms with E-state index in [2.05, 4.69) is 10.6 Å². The zero-order valence-electron chi connectivity index (χ0n) is 10.7. The van der Waals surface area contributed by atoms with Crippen molar-refractivity contribution in [1.29, 1.82) is 0 Å². The minimum Gasteiger partial charge on any atom is -0.478 e. The van der Waals surface area contributed by atoms with Gasteiger partial charge in [-0.25, -0.2) is 4.79 Å². The number of carbonyl (C=O) groups is 2. The summed E-state index contributed by atoms with van der Waals surface area (Å²) in [4.78, 5) is 21.6. The third-order valence-corrected chi connectivity index (χ3v) is 2.01. The molecule has 0 saturated heterocycles. The second kappa shape index (κ2) is 8.75. The highest BCUT2D eigenvalue weighted by molar-refractivity contribution is 5.80. The second-order valence-electron chi connectivity index (χ2n) is 4.45. The maximum absolute atomic E-state index is 11.3. The van der Waals surface area contributed by atoms with E-state index in [0.717, 1.165) is 11.6 Å². The molecule has 0 fully saturated rings. The van der Waals surface area contributed by atoms with Crippen molar-refractivity contribution < 1.29 is 14.7 Å². The van der Waals surface area contributed by atoms with Crippen LogP contribution in [0.2, 0.25) is 0 Å². The van der Waals surface area contributed by atoms with Crippen molar-refractivity contribution in [1.82, 2.24) is 10.6 Å². The van der Waals surface area contributed by atoms with Crippen molar-refractivity contribution in [3.8, 4) is 0 Å². The lowest BCUT2D eigenvalue weighted by Crippen LogP contribution is -2.30. The van der Waals surface area contributed by atoms with Crippen LogP contribution in [0.3, 0.4) is 0 Å². The Labute approximate surface area is 102 Å². The van der Waals surface area contributed by atoms with Crippen LogP contribution in [0.1, 0.15) is 27.2 Å². The standard InChI is InChI=1S/C12H22N2O3/c1-9(2)7-14-11(15)4-5-13-8-10(3)6-12(16)17/h6,9,13H,4-5,7-8H2,1-3H3,(H,14,15)(H,16,17). The number of nitrogens with one attached hydrogen (secondary N) is 2. The molecule has 0 rings (SSSR count). The zero-order chi connectivity index (χ0) is 13.3. The zero-order valence-corrected chi connectivity index (χ0v) is 10.7. The van der Waals surface area contributed by atoms with Gasteiger partial charge in [-0.1, -0.05) is 19.4 Å². The Morgan fingerprint density at radius 1 is 1.35 bits per heavy atom. The van der Waals surface area contributed by atoms with E-state index in [-0.39, 0.29) is 5.91 Å². The number of aliphatic carboxylic acids is 1. The fraction of sp³-hybridized carbons (Fsp3) is 0.667. The van der Waals surface area contributed by atoms with Gasteiger partial charge < -0.3 is 15.7 Å². The minimum absolute atomic E-state index is 0.0195. The minimum atomic E-state index is -0.945. The highest BCUT2D eigenvalue weighted by Gasteiger charge is 2.01. The van der Waals surface area contributed by atoms with E-state index >= 15 is 0 Å². The summed E-state index contributed by atoms with van der Waals surface area (Å²) in [6, 6.07) is 0. The molecule has 3 N–H and O–H groups in total. The number of rotatable bonds is 8. The lowest BCUT2D eigenvalue weighted by molar-refractivity contribution is -0.131. The monoisotopic (exact) mass is 242 g/mol. The Bertz CT molecular complexity index is 285. The van der Waals surface area contributed by atoms with Crippen LogP contribution in [0.15, 0.2) is 11.6 Å². The number of amides is 1. The normalized spacial score (nSPS) is 11.6. The van der Waals surface area contributed by atoms with Gasteiger partial charge >= 0.3 is 5.97 Å². The van der Waals surface area contributed by atoms with Crippen LogP contribution in [0.5, 0.6) is 0 Å². The van der Waals surface area contributed by atoms with E-state index in [1.807, 2.05) is 13.8 Å². The summed E-state index contributed by atoms with van der Waals surface area (Å²) in [5.41, 5.74) is 0.736. The van der Waals surface area contributed by atoms with Gasteiger partial charge in [-0.2, -0.15) is 0 Å². The molecule has 0 aliphatic heterocycles. The quantitative estimate of drug-likeness (QED) is 0.434. The fourth-order valence-corrected chi connectivity index (χ4v) is 1.16. The van der Waals surface area contributed by atoms with E-state index in [1.54, 1.807) is 6.92 Å². The van der Waals surface area contributed by atoms with Crippen LogP contribution in [-0.2, 0) is 9.59 Å². The Morgan fingerprint density at radius 2 is 2.00 bits per heavy atom. The third kappa shape index (κ3) is 10.9. The highest BCUT2D eigenvalue weighted by atomic mass is 16.4. The van der Waals surface area contributed by atoms with Gasteiger partial charge in [-0.3, -0.25) is 4.79 Å². The molecular weight excluding hydrogens is 220 g/mol. The fourth-order valence-electron chi connectivity index (χ4n) is 1.16. The van der Waals surface area contributed by atoms with Crippen LogP contribution in [-0.4, -0.2) is 36.6 Å². The predicted octanol–water partition coefficient (Wildman–Crippen LogP) is 0.769. The number of carbonyl (C=O) groups excluding carboxylic acids is 1. The van der Waals surface area contributed by atoms with E-state index in [9.17, 15) is 9.59 Å². The third-order valence-electron chi connectivity index (χ3n) is 2.01. The maximum atomic E-state index is 11.3. The molecular formula is C12H22N2O3. The van der Waals surface area contributed by atoms with Gasteiger partial charge in [0.1, 0.15) is 0 Å². The SMILES string of the molecule is CC(=CC(=O)O)CNCCC(=O)NCC(C)C. The van der Waals surface area contributed by atoms with Gasteiger partial charge in [0, 0.05) is 32.1 Å². The van der Waals surface area contributed by atoms with E-state index in [1.165, 1.54) is 0 Å². The highest BCUT2D eigenvalue weighted by Crippen LogP contribution is 1.90. The summed E-state index contributed by atoms with van der Waals surface area (Å²) in [5.74, 6) is -0.474. The van der Waals surface area contributed by atoms with Gasteiger partial charge in [-0.15, -0.1) is 0 Å². The molecule has 0 spiro atoms. The Balaban J connectivity index is 3.57. The van der Waals surface area contributed by atoms with Gasteiger partial charge in [0.15, 0.2) is 0 Å². The molecule has 0 aromatic heterocycles. The first-order valence-electron chi connectivity index (χ1n) is 5.79. The lowest BCUT2D eigenvalue weighted by atomic mass is 10.2. The molecule has 0 aliphatic carbocycles. The molecule has 1 amide bonds. The van der Waals surface area contributed by atoms with Crippen LogP contribution < -0.4 is 10.6 Å². The van der Waals surface area contributed by atoms with Gasteiger partial charge in [-0.05, 0) is 12.8 Å². The van der Waals surface area contributed by atoms with Gasteiger partial charge in [0.05, 0.1) is 0 Å². The smallest absolute Gasteiger partial charge is 0.328 e. The van der Waals surface area contributed by atoms with Crippen molar-refractivity contribution in [2.24, 2.45) is 5.92 Å². The Kier molecular flexibility index (Phi) is 8.05.